The van der Waals surface area contributed by atoms with Crippen molar-refractivity contribution in [2.45, 2.75) is 44.3 Å². The normalized spacial score (nSPS) is 24.3. The summed E-state index contributed by atoms with van der Waals surface area (Å²) >= 11 is 1.60. The van der Waals surface area contributed by atoms with Crippen LogP contribution in [0.2, 0.25) is 0 Å². The minimum absolute atomic E-state index is 0.0738. The summed E-state index contributed by atoms with van der Waals surface area (Å²) in [5.74, 6) is 1.26. The Morgan fingerprint density at radius 2 is 2.27 bits per heavy atom. The number of nitrogens with zero attached hydrogens (tertiary/aromatic N) is 4. The van der Waals surface area contributed by atoms with Gasteiger partial charge in [0.2, 0.25) is 5.91 Å². The van der Waals surface area contributed by atoms with Crippen LogP contribution in [0.25, 0.3) is 0 Å². The van der Waals surface area contributed by atoms with Crippen molar-refractivity contribution in [2.75, 3.05) is 11.4 Å². The van der Waals surface area contributed by atoms with Gasteiger partial charge in [-0.3, -0.25) is 4.79 Å². The van der Waals surface area contributed by atoms with Crippen molar-refractivity contribution in [3.05, 3.63) is 29.8 Å². The van der Waals surface area contributed by atoms with E-state index in [1.54, 1.807) is 17.5 Å². The highest BCUT2D eigenvalue weighted by atomic mass is 32.1. The third-order valence-corrected chi connectivity index (χ3v) is 5.31. The number of nitrogens with one attached hydrogen (secondary N) is 1. The van der Waals surface area contributed by atoms with Crippen LogP contribution in [-0.4, -0.2) is 39.1 Å². The summed E-state index contributed by atoms with van der Waals surface area (Å²) in [4.78, 5) is 23.5. The molecule has 2 aromatic rings. The number of anilines is 1. The molecule has 0 saturated carbocycles. The van der Waals surface area contributed by atoms with Gasteiger partial charge in [0.1, 0.15) is 11.9 Å². The molecule has 0 bridgehead atoms. The van der Waals surface area contributed by atoms with Crippen LogP contribution in [0, 0.1) is 0 Å². The largest absolute Gasteiger partial charge is 0.350 e. The first-order valence-electron chi connectivity index (χ1n) is 7.78. The molecule has 1 amide bonds. The molecule has 6 nitrogen and oxygen atoms in total. The van der Waals surface area contributed by atoms with E-state index in [9.17, 15) is 4.79 Å². The summed E-state index contributed by atoms with van der Waals surface area (Å²) in [6.07, 6.45) is 9.48. The zero-order valence-corrected chi connectivity index (χ0v) is 13.1. The van der Waals surface area contributed by atoms with Crippen LogP contribution in [0.5, 0.6) is 0 Å². The number of hydrogen-bond donors (Lipinski definition) is 1. The second kappa shape index (κ2) is 5.72. The van der Waals surface area contributed by atoms with Crippen LogP contribution < -0.4 is 10.2 Å². The summed E-state index contributed by atoms with van der Waals surface area (Å²) in [6.45, 7) is 1.74. The fourth-order valence-electron chi connectivity index (χ4n) is 3.41. The minimum Gasteiger partial charge on any atom is -0.350 e. The van der Waals surface area contributed by atoms with Gasteiger partial charge >= 0.3 is 0 Å². The number of aryl methyl sites for hydroxylation is 1. The Morgan fingerprint density at radius 1 is 1.32 bits per heavy atom. The van der Waals surface area contributed by atoms with E-state index in [4.69, 9.17) is 0 Å². The predicted molar refractivity (Wildman–Crippen MR) is 85.0 cm³/mol. The number of imidazole rings is 1. The second-order valence-electron chi connectivity index (χ2n) is 5.91. The smallest absolute Gasteiger partial charge is 0.243 e. The molecule has 7 heteroatoms. The lowest BCUT2D eigenvalue weighted by Gasteiger charge is -2.28. The van der Waals surface area contributed by atoms with E-state index in [2.05, 4.69) is 24.8 Å². The number of fused-ring (bicyclic) bond motifs is 1. The van der Waals surface area contributed by atoms with Crippen LogP contribution in [-0.2, 0) is 17.8 Å². The molecule has 2 aromatic heterocycles. The summed E-state index contributed by atoms with van der Waals surface area (Å²) in [5.41, 5.74) is 0. The van der Waals surface area contributed by atoms with Crippen molar-refractivity contribution in [2.24, 2.45) is 0 Å². The highest BCUT2D eigenvalue weighted by molar-refractivity contribution is 7.13. The quantitative estimate of drug-likeness (QED) is 0.930. The van der Waals surface area contributed by atoms with E-state index >= 15 is 0 Å². The van der Waals surface area contributed by atoms with Crippen molar-refractivity contribution < 1.29 is 4.79 Å². The predicted octanol–water partition coefficient (Wildman–Crippen LogP) is 1.44. The standard InChI is InChI=1S/C15H19N5OS/c21-14(12-2-1-7-20(12)15-17-6-9-22-15)18-11-3-4-13-16-5-8-19(13)10-11/h5-6,8-9,11-12H,1-4,7,10H2,(H,18,21). The Balaban J connectivity index is 1.42. The van der Waals surface area contributed by atoms with Crippen molar-refractivity contribution in [1.29, 1.82) is 0 Å². The minimum atomic E-state index is -0.0738. The lowest BCUT2D eigenvalue weighted by atomic mass is 10.1. The molecule has 1 N–H and O–H groups in total. The van der Waals surface area contributed by atoms with E-state index < -0.39 is 0 Å². The fraction of sp³-hybridized carbons (Fsp3) is 0.533. The van der Waals surface area contributed by atoms with Gasteiger partial charge in [0.25, 0.3) is 0 Å². The first kappa shape index (κ1) is 13.8. The topological polar surface area (TPSA) is 63.1 Å². The first-order valence-corrected chi connectivity index (χ1v) is 8.66. The van der Waals surface area contributed by atoms with Crippen LogP contribution in [0.1, 0.15) is 25.1 Å². The molecule has 2 atom stereocenters. The van der Waals surface area contributed by atoms with Crippen molar-refractivity contribution in [3.63, 3.8) is 0 Å². The molecule has 2 unspecified atom stereocenters. The number of carbonyl (C=O) groups is 1. The van der Waals surface area contributed by atoms with E-state index in [1.807, 2.05) is 17.8 Å². The number of rotatable bonds is 3. The second-order valence-corrected chi connectivity index (χ2v) is 6.78. The average Bonchev–Trinajstić information content (AvgIpc) is 3.26. The van der Waals surface area contributed by atoms with Crippen molar-refractivity contribution in [1.82, 2.24) is 19.9 Å². The zero-order valence-electron chi connectivity index (χ0n) is 12.3. The fourth-order valence-corrected chi connectivity index (χ4v) is 4.13. The number of hydrogen-bond acceptors (Lipinski definition) is 5. The summed E-state index contributed by atoms with van der Waals surface area (Å²) in [6, 6.07) is 0.128. The lowest BCUT2D eigenvalue weighted by Crippen LogP contribution is -2.49. The third kappa shape index (κ3) is 2.49. The molecular weight excluding hydrogens is 298 g/mol. The zero-order chi connectivity index (χ0) is 14.9. The van der Waals surface area contributed by atoms with Crippen LogP contribution in [0.3, 0.4) is 0 Å². The Bertz CT molecular complexity index is 653. The molecule has 0 spiro atoms. The molecule has 1 saturated heterocycles. The Kier molecular flexibility index (Phi) is 3.57. The molecule has 4 rings (SSSR count). The summed E-state index contributed by atoms with van der Waals surface area (Å²) in [5, 5.41) is 6.15. The number of aromatic nitrogens is 3. The van der Waals surface area contributed by atoms with Crippen LogP contribution in [0.15, 0.2) is 24.0 Å². The average molecular weight is 317 g/mol. The van der Waals surface area contributed by atoms with Gasteiger partial charge in [-0.2, -0.15) is 0 Å². The van der Waals surface area contributed by atoms with Gasteiger partial charge in [0, 0.05) is 49.5 Å². The van der Waals surface area contributed by atoms with Crippen molar-refractivity contribution in [3.8, 4) is 0 Å². The van der Waals surface area contributed by atoms with Gasteiger partial charge in [-0.15, -0.1) is 11.3 Å². The maximum atomic E-state index is 12.7. The molecule has 116 valence electrons. The van der Waals surface area contributed by atoms with Gasteiger partial charge in [0.05, 0.1) is 0 Å². The third-order valence-electron chi connectivity index (χ3n) is 4.50. The molecule has 22 heavy (non-hydrogen) atoms. The van der Waals surface area contributed by atoms with Crippen LogP contribution >= 0.6 is 11.3 Å². The highest BCUT2D eigenvalue weighted by Gasteiger charge is 2.33. The molecule has 0 radical (unpaired) electrons. The van der Waals surface area contributed by atoms with Crippen molar-refractivity contribution >= 4 is 22.4 Å². The monoisotopic (exact) mass is 317 g/mol. The Hall–Kier alpha value is -1.89. The molecular formula is C15H19N5OS. The molecule has 4 heterocycles. The number of carbonyl (C=O) groups excluding carboxylic acids is 1. The van der Waals surface area contributed by atoms with Gasteiger partial charge in [-0.05, 0) is 19.3 Å². The lowest BCUT2D eigenvalue weighted by molar-refractivity contribution is -0.123. The first-order chi connectivity index (χ1) is 10.8. The van der Waals surface area contributed by atoms with Crippen LogP contribution in [0.4, 0.5) is 5.13 Å². The molecule has 1 fully saturated rings. The Morgan fingerprint density at radius 3 is 3.14 bits per heavy atom. The summed E-state index contributed by atoms with van der Waals surface area (Å²) < 4.78 is 2.14. The van der Waals surface area contributed by atoms with Gasteiger partial charge in [-0.1, -0.05) is 0 Å². The maximum Gasteiger partial charge on any atom is 0.243 e. The maximum absolute atomic E-state index is 12.7. The molecule has 2 aliphatic rings. The Labute approximate surface area is 133 Å². The van der Waals surface area contributed by atoms with Gasteiger partial charge < -0.3 is 14.8 Å². The van der Waals surface area contributed by atoms with E-state index in [0.717, 1.165) is 49.7 Å². The molecule has 2 aliphatic heterocycles. The molecule has 0 aliphatic carbocycles. The van der Waals surface area contributed by atoms with E-state index in [-0.39, 0.29) is 18.0 Å². The number of amides is 1. The van der Waals surface area contributed by atoms with Gasteiger partial charge in [0.15, 0.2) is 5.13 Å². The number of thiazole rings is 1. The van der Waals surface area contributed by atoms with Gasteiger partial charge in [-0.25, -0.2) is 9.97 Å². The SMILES string of the molecule is O=C(NC1CCc2nccn2C1)C1CCCN1c1nccs1. The van der Waals surface area contributed by atoms with E-state index in [0.29, 0.717) is 0 Å². The summed E-state index contributed by atoms with van der Waals surface area (Å²) in [7, 11) is 0. The highest BCUT2D eigenvalue weighted by Crippen LogP contribution is 2.27. The van der Waals surface area contributed by atoms with E-state index in [1.165, 1.54) is 0 Å². The molecule has 0 aromatic carbocycles.